The summed E-state index contributed by atoms with van der Waals surface area (Å²) >= 11 is 0. The van der Waals surface area contributed by atoms with Gasteiger partial charge in [-0.15, -0.1) is 0 Å². The van der Waals surface area contributed by atoms with Crippen LogP contribution in [0.1, 0.15) is 13.3 Å². The SMILES string of the molecule is CC(CCNS(=O)(=O)c1ccc(S(C)(=O)=O)cc1)C(=O)O. The third kappa shape index (κ3) is 5.10. The molecule has 1 aromatic carbocycles. The number of carboxylic acids is 1. The number of carboxylic acid groups (broad SMARTS) is 1. The summed E-state index contributed by atoms with van der Waals surface area (Å²) in [5, 5.41) is 8.70. The molecule has 118 valence electrons. The molecule has 0 heterocycles. The number of hydrogen-bond donors (Lipinski definition) is 2. The second-order valence-corrected chi connectivity index (χ2v) is 8.45. The van der Waals surface area contributed by atoms with E-state index in [9.17, 15) is 21.6 Å². The highest BCUT2D eigenvalue weighted by atomic mass is 32.2. The van der Waals surface area contributed by atoms with E-state index < -0.39 is 31.7 Å². The summed E-state index contributed by atoms with van der Waals surface area (Å²) in [6.45, 7) is 1.47. The van der Waals surface area contributed by atoms with Crippen LogP contribution in [0.5, 0.6) is 0 Å². The van der Waals surface area contributed by atoms with Crippen molar-refractivity contribution in [1.82, 2.24) is 4.72 Å². The summed E-state index contributed by atoms with van der Waals surface area (Å²) in [6, 6.07) is 4.81. The molecule has 21 heavy (non-hydrogen) atoms. The van der Waals surface area contributed by atoms with Crippen LogP contribution >= 0.6 is 0 Å². The zero-order valence-electron chi connectivity index (χ0n) is 11.6. The van der Waals surface area contributed by atoms with Gasteiger partial charge in [-0.1, -0.05) is 6.92 Å². The van der Waals surface area contributed by atoms with Crippen molar-refractivity contribution < 1.29 is 26.7 Å². The van der Waals surface area contributed by atoms with Crippen molar-refractivity contribution >= 4 is 25.8 Å². The molecule has 9 heteroatoms. The molecule has 0 aliphatic carbocycles. The van der Waals surface area contributed by atoms with E-state index >= 15 is 0 Å². The fraction of sp³-hybridized carbons (Fsp3) is 0.417. The van der Waals surface area contributed by atoms with E-state index in [1.807, 2.05) is 0 Å². The molecular formula is C12H17NO6S2. The lowest BCUT2D eigenvalue weighted by Gasteiger charge is -2.09. The maximum atomic E-state index is 11.9. The number of hydrogen-bond acceptors (Lipinski definition) is 5. The number of aliphatic carboxylic acids is 1. The van der Waals surface area contributed by atoms with Gasteiger partial charge in [0, 0.05) is 12.8 Å². The van der Waals surface area contributed by atoms with Gasteiger partial charge >= 0.3 is 5.97 Å². The second-order valence-electron chi connectivity index (χ2n) is 4.67. The van der Waals surface area contributed by atoms with Crippen molar-refractivity contribution in [2.24, 2.45) is 5.92 Å². The minimum atomic E-state index is -3.78. The van der Waals surface area contributed by atoms with Crippen LogP contribution in [0, 0.1) is 5.92 Å². The second kappa shape index (κ2) is 6.54. The van der Waals surface area contributed by atoms with Crippen LogP contribution < -0.4 is 4.72 Å². The zero-order valence-corrected chi connectivity index (χ0v) is 13.2. The number of sulfonamides is 1. The topological polar surface area (TPSA) is 118 Å². The minimum absolute atomic E-state index is 0.0103. The zero-order chi connectivity index (χ0) is 16.3. The summed E-state index contributed by atoms with van der Waals surface area (Å²) in [5.41, 5.74) is 0. The minimum Gasteiger partial charge on any atom is -0.481 e. The van der Waals surface area contributed by atoms with Gasteiger partial charge in [-0.2, -0.15) is 0 Å². The summed E-state index contributed by atoms with van der Waals surface area (Å²) in [6.07, 6.45) is 1.19. The van der Waals surface area contributed by atoms with Crippen LogP contribution in [-0.2, 0) is 24.7 Å². The first-order valence-electron chi connectivity index (χ1n) is 6.06. The Kier molecular flexibility index (Phi) is 5.48. The van der Waals surface area contributed by atoms with Crippen LogP contribution in [0.3, 0.4) is 0 Å². The maximum absolute atomic E-state index is 11.9. The molecule has 1 aromatic rings. The summed E-state index contributed by atoms with van der Waals surface area (Å²) in [7, 11) is -7.16. The van der Waals surface area contributed by atoms with Crippen molar-refractivity contribution in [3.63, 3.8) is 0 Å². The molecule has 7 nitrogen and oxygen atoms in total. The quantitative estimate of drug-likeness (QED) is 0.748. The number of nitrogens with one attached hydrogen (secondary N) is 1. The molecule has 0 spiro atoms. The number of benzene rings is 1. The molecule has 0 aliphatic heterocycles. The molecule has 0 aliphatic rings. The van der Waals surface area contributed by atoms with Gasteiger partial charge in [-0.25, -0.2) is 21.6 Å². The molecule has 1 rings (SSSR count). The van der Waals surface area contributed by atoms with Gasteiger partial charge in [-0.3, -0.25) is 4.79 Å². The monoisotopic (exact) mass is 335 g/mol. The van der Waals surface area contributed by atoms with E-state index in [4.69, 9.17) is 5.11 Å². The van der Waals surface area contributed by atoms with Gasteiger partial charge in [-0.05, 0) is 30.7 Å². The average molecular weight is 335 g/mol. The Labute approximate surface area is 124 Å². The van der Waals surface area contributed by atoms with Crippen LogP contribution in [0.4, 0.5) is 0 Å². The highest BCUT2D eigenvalue weighted by Crippen LogP contribution is 2.14. The van der Waals surface area contributed by atoms with Gasteiger partial charge in [0.2, 0.25) is 10.0 Å². The fourth-order valence-corrected chi connectivity index (χ4v) is 3.16. The number of rotatable bonds is 7. The van der Waals surface area contributed by atoms with Crippen molar-refractivity contribution in [2.45, 2.75) is 23.1 Å². The highest BCUT2D eigenvalue weighted by molar-refractivity contribution is 7.90. The van der Waals surface area contributed by atoms with Crippen LogP contribution in [0.15, 0.2) is 34.1 Å². The third-order valence-corrected chi connectivity index (χ3v) is 5.46. The summed E-state index contributed by atoms with van der Waals surface area (Å²) < 4.78 is 48.7. The third-order valence-electron chi connectivity index (χ3n) is 2.85. The Morgan fingerprint density at radius 2 is 1.62 bits per heavy atom. The van der Waals surface area contributed by atoms with Crippen molar-refractivity contribution in [1.29, 1.82) is 0 Å². The molecule has 0 amide bonds. The summed E-state index contributed by atoms with van der Waals surface area (Å²) in [5.74, 6) is -1.65. The molecule has 0 radical (unpaired) electrons. The Morgan fingerprint density at radius 1 is 1.14 bits per heavy atom. The molecule has 2 N–H and O–H groups in total. The van der Waals surface area contributed by atoms with Crippen molar-refractivity contribution in [3.8, 4) is 0 Å². The van der Waals surface area contributed by atoms with E-state index in [2.05, 4.69) is 4.72 Å². The van der Waals surface area contributed by atoms with Crippen molar-refractivity contribution in [3.05, 3.63) is 24.3 Å². The molecular weight excluding hydrogens is 318 g/mol. The average Bonchev–Trinajstić information content (AvgIpc) is 2.37. The lowest BCUT2D eigenvalue weighted by atomic mass is 10.1. The van der Waals surface area contributed by atoms with Gasteiger partial charge < -0.3 is 5.11 Å². The predicted octanol–water partition coefficient (Wildman–Crippen LogP) is 0.479. The van der Waals surface area contributed by atoms with E-state index in [1.54, 1.807) is 0 Å². The molecule has 0 bridgehead atoms. The first-order chi connectivity index (χ1) is 9.54. The van der Waals surface area contributed by atoms with E-state index in [-0.39, 0.29) is 22.8 Å². The lowest BCUT2D eigenvalue weighted by Crippen LogP contribution is -2.27. The van der Waals surface area contributed by atoms with Gasteiger partial charge in [0.25, 0.3) is 0 Å². The standard InChI is InChI=1S/C12H17NO6S2/c1-9(12(14)15)7-8-13-21(18,19)11-5-3-10(4-6-11)20(2,16)17/h3-6,9,13H,7-8H2,1-2H3,(H,14,15). The largest absolute Gasteiger partial charge is 0.481 e. The molecule has 0 fully saturated rings. The van der Waals surface area contributed by atoms with Gasteiger partial charge in [0.1, 0.15) is 0 Å². The van der Waals surface area contributed by atoms with Crippen LogP contribution in [0.2, 0.25) is 0 Å². The Morgan fingerprint density at radius 3 is 2.05 bits per heavy atom. The van der Waals surface area contributed by atoms with Crippen LogP contribution in [-0.4, -0.2) is 40.7 Å². The van der Waals surface area contributed by atoms with E-state index in [1.165, 1.54) is 31.2 Å². The lowest BCUT2D eigenvalue weighted by molar-refractivity contribution is -0.141. The predicted molar refractivity (Wildman–Crippen MR) is 76.2 cm³/mol. The molecule has 1 unspecified atom stereocenters. The molecule has 1 atom stereocenters. The molecule has 0 aromatic heterocycles. The number of sulfone groups is 1. The van der Waals surface area contributed by atoms with E-state index in [0.717, 1.165) is 6.26 Å². The molecule has 0 saturated heterocycles. The Hall–Kier alpha value is -1.45. The Bertz CT molecular complexity index is 707. The Balaban J connectivity index is 2.77. The number of carbonyl (C=O) groups is 1. The van der Waals surface area contributed by atoms with Gasteiger partial charge in [0.05, 0.1) is 15.7 Å². The van der Waals surface area contributed by atoms with Crippen LogP contribution in [0.25, 0.3) is 0 Å². The first-order valence-corrected chi connectivity index (χ1v) is 9.44. The summed E-state index contributed by atoms with van der Waals surface area (Å²) in [4.78, 5) is 10.6. The van der Waals surface area contributed by atoms with Crippen molar-refractivity contribution in [2.75, 3.05) is 12.8 Å². The normalized spacial score (nSPS) is 13.8. The molecule has 0 saturated carbocycles. The first kappa shape index (κ1) is 17.6. The van der Waals surface area contributed by atoms with E-state index in [0.29, 0.717) is 0 Å². The highest BCUT2D eigenvalue weighted by Gasteiger charge is 2.17. The maximum Gasteiger partial charge on any atom is 0.306 e. The van der Waals surface area contributed by atoms with Gasteiger partial charge in [0.15, 0.2) is 9.84 Å². The smallest absolute Gasteiger partial charge is 0.306 e. The fourth-order valence-electron chi connectivity index (χ4n) is 1.48.